The quantitative estimate of drug-likeness (QED) is 0.640. The molecule has 2 aromatic carbocycles. The molecule has 0 N–H and O–H groups in total. The summed E-state index contributed by atoms with van der Waals surface area (Å²) in [6.45, 7) is 1.29. The Morgan fingerprint density at radius 3 is 2.34 bits per heavy atom. The van der Waals surface area contributed by atoms with Crippen LogP contribution in [0.3, 0.4) is 0 Å². The lowest BCUT2D eigenvalue weighted by atomic mass is 9.94. The van der Waals surface area contributed by atoms with Crippen molar-refractivity contribution in [3.8, 4) is 11.3 Å². The van der Waals surface area contributed by atoms with Crippen molar-refractivity contribution in [2.45, 2.75) is 25.2 Å². The van der Waals surface area contributed by atoms with Crippen molar-refractivity contribution in [2.75, 3.05) is 13.1 Å². The van der Waals surface area contributed by atoms with Crippen LogP contribution in [0.15, 0.2) is 54.6 Å². The molecule has 1 aliphatic rings. The summed E-state index contributed by atoms with van der Waals surface area (Å²) in [7, 11) is 1.75. The molecule has 0 bridgehead atoms. The van der Waals surface area contributed by atoms with Crippen LogP contribution in [-0.4, -0.2) is 33.7 Å². The van der Waals surface area contributed by atoms with Crippen molar-refractivity contribution in [3.63, 3.8) is 0 Å². The van der Waals surface area contributed by atoms with E-state index in [1.54, 1.807) is 29.9 Å². The Balaban J connectivity index is 1.56. The van der Waals surface area contributed by atoms with E-state index in [4.69, 9.17) is 0 Å². The van der Waals surface area contributed by atoms with Crippen LogP contribution in [0.4, 0.5) is 8.78 Å². The van der Waals surface area contributed by atoms with E-state index in [9.17, 15) is 13.6 Å². The number of aryl methyl sites for hydroxylation is 1. The lowest BCUT2D eigenvalue weighted by Gasteiger charge is -2.24. The lowest BCUT2D eigenvalue weighted by molar-refractivity contribution is 0.0743. The number of hydrogen-bond acceptors (Lipinski definition) is 2. The standard InChI is InChI=1S/C23H23F2N3O/c1-27-22(14-21(26-27)17-7-11-20(25)12-8-17)23(29)28-13-3-2-4-18(15-28)16-5-9-19(24)10-6-16/h5-12,14,18H,2-4,13,15H2,1H3/t18-/m0/s1. The molecule has 150 valence electrons. The number of likely N-dealkylation sites (tertiary alicyclic amines) is 1. The zero-order chi connectivity index (χ0) is 20.4. The highest BCUT2D eigenvalue weighted by Gasteiger charge is 2.26. The second-order valence-electron chi connectivity index (χ2n) is 7.54. The van der Waals surface area contributed by atoms with E-state index in [0.717, 1.165) is 30.4 Å². The average Bonchev–Trinajstić information content (AvgIpc) is 2.95. The molecule has 1 atom stereocenters. The Hall–Kier alpha value is -3.02. The summed E-state index contributed by atoms with van der Waals surface area (Å²) >= 11 is 0. The Morgan fingerprint density at radius 1 is 1.00 bits per heavy atom. The highest BCUT2D eigenvalue weighted by molar-refractivity contribution is 5.93. The average molecular weight is 395 g/mol. The van der Waals surface area contributed by atoms with Gasteiger partial charge in [0, 0.05) is 31.6 Å². The fourth-order valence-corrected chi connectivity index (χ4v) is 3.92. The maximum absolute atomic E-state index is 13.3. The maximum atomic E-state index is 13.3. The van der Waals surface area contributed by atoms with Crippen molar-refractivity contribution >= 4 is 5.91 Å². The van der Waals surface area contributed by atoms with Gasteiger partial charge in [-0.2, -0.15) is 5.10 Å². The molecule has 6 heteroatoms. The molecule has 0 saturated carbocycles. The predicted molar refractivity (Wildman–Crippen MR) is 107 cm³/mol. The molecule has 1 aromatic heterocycles. The van der Waals surface area contributed by atoms with Gasteiger partial charge in [-0.15, -0.1) is 0 Å². The summed E-state index contributed by atoms with van der Waals surface area (Å²) in [6, 6.07) is 14.4. The summed E-state index contributed by atoms with van der Waals surface area (Å²) in [6.07, 6.45) is 2.94. The molecule has 1 saturated heterocycles. The highest BCUT2D eigenvalue weighted by Crippen LogP contribution is 2.28. The second-order valence-corrected chi connectivity index (χ2v) is 7.54. The molecule has 4 nitrogen and oxygen atoms in total. The molecular formula is C23H23F2N3O. The van der Waals surface area contributed by atoms with Crippen molar-refractivity contribution < 1.29 is 13.6 Å². The third-order valence-electron chi connectivity index (χ3n) is 5.54. The van der Waals surface area contributed by atoms with Crippen LogP contribution in [0.2, 0.25) is 0 Å². The fraction of sp³-hybridized carbons (Fsp3) is 0.304. The number of aromatic nitrogens is 2. The van der Waals surface area contributed by atoms with Gasteiger partial charge in [-0.25, -0.2) is 8.78 Å². The van der Waals surface area contributed by atoms with Crippen molar-refractivity contribution in [1.82, 2.24) is 14.7 Å². The largest absolute Gasteiger partial charge is 0.337 e. The minimum atomic E-state index is -0.308. The Labute approximate surface area is 168 Å². The van der Waals surface area contributed by atoms with Gasteiger partial charge in [0.2, 0.25) is 0 Å². The normalized spacial score (nSPS) is 17.2. The molecule has 3 aromatic rings. The van der Waals surface area contributed by atoms with E-state index in [0.29, 0.717) is 24.5 Å². The molecule has 29 heavy (non-hydrogen) atoms. The lowest BCUT2D eigenvalue weighted by Crippen LogP contribution is -2.35. The highest BCUT2D eigenvalue weighted by atomic mass is 19.1. The van der Waals surface area contributed by atoms with Gasteiger partial charge in [0.1, 0.15) is 17.3 Å². The van der Waals surface area contributed by atoms with Gasteiger partial charge in [0.15, 0.2) is 0 Å². The number of benzene rings is 2. The number of amides is 1. The fourth-order valence-electron chi connectivity index (χ4n) is 3.92. The zero-order valence-corrected chi connectivity index (χ0v) is 16.3. The monoisotopic (exact) mass is 395 g/mol. The number of carbonyl (C=O) groups is 1. The second kappa shape index (κ2) is 8.15. The van der Waals surface area contributed by atoms with E-state index < -0.39 is 0 Å². The summed E-state index contributed by atoms with van der Waals surface area (Å²) < 4.78 is 28.0. The van der Waals surface area contributed by atoms with Crippen LogP contribution in [-0.2, 0) is 7.05 Å². The smallest absolute Gasteiger partial charge is 0.272 e. The molecule has 0 aliphatic carbocycles. The van der Waals surface area contributed by atoms with Gasteiger partial charge in [0.05, 0.1) is 5.69 Å². The van der Waals surface area contributed by atoms with Crippen LogP contribution in [0.5, 0.6) is 0 Å². The molecule has 1 fully saturated rings. The van der Waals surface area contributed by atoms with Gasteiger partial charge in [-0.3, -0.25) is 9.48 Å². The summed E-state index contributed by atoms with van der Waals surface area (Å²) in [5.74, 6) is -0.440. The van der Waals surface area contributed by atoms with Gasteiger partial charge in [-0.05, 0) is 60.9 Å². The number of rotatable bonds is 3. The molecule has 0 radical (unpaired) electrons. The summed E-state index contributed by atoms with van der Waals surface area (Å²) in [5, 5.41) is 4.44. The van der Waals surface area contributed by atoms with E-state index in [-0.39, 0.29) is 23.5 Å². The Kier molecular flexibility index (Phi) is 5.43. The van der Waals surface area contributed by atoms with Crippen LogP contribution in [0.1, 0.15) is 41.2 Å². The van der Waals surface area contributed by atoms with Gasteiger partial charge < -0.3 is 4.90 Å². The van der Waals surface area contributed by atoms with Crippen LogP contribution < -0.4 is 0 Å². The third kappa shape index (κ3) is 4.21. The first kappa shape index (κ1) is 19.3. The van der Waals surface area contributed by atoms with E-state index in [1.807, 2.05) is 17.0 Å². The van der Waals surface area contributed by atoms with Crippen molar-refractivity contribution in [2.24, 2.45) is 7.05 Å². The first-order valence-corrected chi connectivity index (χ1v) is 9.86. The summed E-state index contributed by atoms with van der Waals surface area (Å²) in [5.41, 5.74) is 2.97. The first-order valence-electron chi connectivity index (χ1n) is 9.86. The van der Waals surface area contributed by atoms with Crippen molar-refractivity contribution in [3.05, 3.63) is 77.5 Å². The molecule has 1 aliphatic heterocycles. The van der Waals surface area contributed by atoms with E-state index in [1.165, 1.54) is 24.3 Å². The minimum absolute atomic E-state index is 0.0672. The first-order chi connectivity index (χ1) is 14.0. The number of hydrogen-bond donors (Lipinski definition) is 0. The van der Waals surface area contributed by atoms with Crippen molar-refractivity contribution in [1.29, 1.82) is 0 Å². The van der Waals surface area contributed by atoms with Gasteiger partial charge >= 0.3 is 0 Å². The SMILES string of the molecule is Cn1nc(-c2ccc(F)cc2)cc1C(=O)N1CCCC[C@H](c2ccc(F)cc2)C1. The van der Waals surface area contributed by atoms with Gasteiger partial charge in [0.25, 0.3) is 5.91 Å². The minimum Gasteiger partial charge on any atom is -0.337 e. The van der Waals surface area contributed by atoms with Gasteiger partial charge in [-0.1, -0.05) is 18.6 Å². The molecule has 4 rings (SSSR count). The number of carbonyl (C=O) groups excluding carboxylic acids is 1. The molecule has 1 amide bonds. The van der Waals surface area contributed by atoms with Crippen LogP contribution >= 0.6 is 0 Å². The molecule has 0 spiro atoms. The van der Waals surface area contributed by atoms with Crippen LogP contribution in [0.25, 0.3) is 11.3 Å². The summed E-state index contributed by atoms with van der Waals surface area (Å²) in [4.78, 5) is 15.1. The molecule has 2 heterocycles. The molecule has 0 unspecified atom stereocenters. The maximum Gasteiger partial charge on any atom is 0.272 e. The molecular weight excluding hydrogens is 372 g/mol. The Bertz CT molecular complexity index is 996. The Morgan fingerprint density at radius 2 is 1.66 bits per heavy atom. The van der Waals surface area contributed by atoms with E-state index in [2.05, 4.69) is 5.10 Å². The van der Waals surface area contributed by atoms with E-state index >= 15 is 0 Å². The van der Waals surface area contributed by atoms with Crippen LogP contribution in [0, 0.1) is 11.6 Å². The number of nitrogens with zero attached hydrogens (tertiary/aromatic N) is 3. The topological polar surface area (TPSA) is 38.1 Å². The predicted octanol–water partition coefficient (Wildman–Crippen LogP) is 4.78. The zero-order valence-electron chi connectivity index (χ0n) is 16.3. The number of halogens is 2. The third-order valence-corrected chi connectivity index (χ3v) is 5.54.